The van der Waals surface area contributed by atoms with Crippen molar-refractivity contribution in [1.82, 2.24) is 0 Å². The van der Waals surface area contributed by atoms with Crippen LogP contribution < -0.4 is 0 Å². The van der Waals surface area contributed by atoms with Gasteiger partial charge in [0.25, 0.3) is 5.24 Å². The van der Waals surface area contributed by atoms with Gasteiger partial charge in [0.15, 0.2) is 0 Å². The fourth-order valence-electron chi connectivity index (χ4n) is 0.961. The van der Waals surface area contributed by atoms with Crippen LogP contribution in [0.15, 0.2) is 41.6 Å². The number of hydrogen-bond acceptors (Lipinski definition) is 3. The van der Waals surface area contributed by atoms with Crippen molar-refractivity contribution in [3.63, 3.8) is 0 Å². The molecular weight excluding hydrogens is 226 g/mol. The van der Waals surface area contributed by atoms with Gasteiger partial charge in [-0.3, -0.25) is 4.79 Å². The number of carbonyl (C=O) groups is 1. The molecule has 0 unspecified atom stereocenters. The van der Waals surface area contributed by atoms with E-state index in [1.54, 1.807) is 0 Å². The zero-order valence-corrected chi connectivity index (χ0v) is 9.65. The first kappa shape index (κ1) is 12.5. The van der Waals surface area contributed by atoms with Gasteiger partial charge < -0.3 is 4.84 Å². The van der Waals surface area contributed by atoms with Crippen LogP contribution in [-0.4, -0.2) is 17.6 Å². The van der Waals surface area contributed by atoms with Crippen LogP contribution in [0.25, 0.3) is 6.08 Å². The number of rotatable bonds is 5. The molecule has 0 saturated heterocycles. The molecule has 0 atom stereocenters. The zero-order chi connectivity index (χ0) is 11.8. The van der Waals surface area contributed by atoms with Gasteiger partial charge in [-0.25, -0.2) is 0 Å². The number of carbonyl (C=O) groups excluding carboxylic acids is 1. The molecule has 3 nitrogen and oxygen atoms in total. The van der Waals surface area contributed by atoms with E-state index in [0.29, 0.717) is 6.61 Å². The highest BCUT2D eigenvalue weighted by Crippen LogP contribution is 2.00. The van der Waals surface area contributed by atoms with Crippen LogP contribution in [0, 0.1) is 0 Å². The number of nitrogens with zero attached hydrogens (tertiary/aromatic N) is 1. The minimum absolute atomic E-state index is 0.148. The predicted molar refractivity (Wildman–Crippen MR) is 65.4 cm³/mol. The van der Waals surface area contributed by atoms with Crippen molar-refractivity contribution in [1.29, 1.82) is 0 Å². The summed E-state index contributed by atoms with van der Waals surface area (Å²) in [6.07, 6.45) is 3.72. The lowest BCUT2D eigenvalue weighted by Gasteiger charge is -1.95. The smallest absolute Gasteiger partial charge is 0.269 e. The van der Waals surface area contributed by atoms with Crippen molar-refractivity contribution < 1.29 is 9.63 Å². The first-order valence-corrected chi connectivity index (χ1v) is 5.16. The lowest BCUT2D eigenvalue weighted by Crippen LogP contribution is -2.02. The van der Waals surface area contributed by atoms with E-state index in [4.69, 9.17) is 16.4 Å². The van der Waals surface area contributed by atoms with Gasteiger partial charge in [0.05, 0.1) is 0 Å². The largest absolute Gasteiger partial charge is 0.391 e. The van der Waals surface area contributed by atoms with Crippen LogP contribution in [-0.2, 0) is 9.63 Å². The summed E-state index contributed by atoms with van der Waals surface area (Å²) >= 11 is 5.17. The SMILES string of the molecule is CC(=NOCC=Cc1ccccc1)C(=O)Cl. The van der Waals surface area contributed by atoms with Gasteiger partial charge in [-0.05, 0) is 30.2 Å². The fourth-order valence-corrected chi connectivity index (χ4v) is 0.996. The van der Waals surface area contributed by atoms with Gasteiger partial charge in [0, 0.05) is 0 Å². The van der Waals surface area contributed by atoms with E-state index in [1.165, 1.54) is 6.92 Å². The Balaban J connectivity index is 2.34. The standard InChI is InChI=1S/C12H12ClNO2/c1-10(12(13)15)14-16-9-5-8-11-6-3-2-4-7-11/h2-8H,9H2,1H3. The molecule has 0 amide bonds. The quantitative estimate of drug-likeness (QED) is 0.342. The number of benzene rings is 1. The molecule has 0 aliphatic rings. The first-order chi connectivity index (χ1) is 7.70. The van der Waals surface area contributed by atoms with Gasteiger partial charge in [-0.1, -0.05) is 41.6 Å². The van der Waals surface area contributed by atoms with E-state index in [9.17, 15) is 4.79 Å². The molecule has 0 N–H and O–H groups in total. The zero-order valence-electron chi connectivity index (χ0n) is 8.89. The summed E-state index contributed by atoms with van der Waals surface area (Å²) in [6.45, 7) is 1.80. The van der Waals surface area contributed by atoms with Gasteiger partial charge in [-0.15, -0.1) is 0 Å². The summed E-state index contributed by atoms with van der Waals surface area (Å²) in [5, 5.41) is 2.93. The van der Waals surface area contributed by atoms with Gasteiger partial charge in [0.2, 0.25) is 0 Å². The molecule has 1 rings (SSSR count). The lowest BCUT2D eigenvalue weighted by atomic mass is 10.2. The Kier molecular flexibility index (Phi) is 5.29. The summed E-state index contributed by atoms with van der Waals surface area (Å²) < 4.78 is 0. The topological polar surface area (TPSA) is 38.7 Å². The Hall–Kier alpha value is -1.61. The van der Waals surface area contributed by atoms with E-state index < -0.39 is 5.24 Å². The van der Waals surface area contributed by atoms with Gasteiger partial charge >= 0.3 is 0 Å². The van der Waals surface area contributed by atoms with Crippen LogP contribution in [0.1, 0.15) is 12.5 Å². The maximum absolute atomic E-state index is 10.6. The molecule has 0 heterocycles. The highest BCUT2D eigenvalue weighted by atomic mass is 35.5. The van der Waals surface area contributed by atoms with Crippen molar-refractivity contribution in [2.45, 2.75) is 6.92 Å². The van der Waals surface area contributed by atoms with E-state index in [1.807, 2.05) is 42.5 Å². The molecule has 0 aliphatic heterocycles. The molecule has 0 saturated carbocycles. The van der Waals surface area contributed by atoms with E-state index in [-0.39, 0.29) is 5.71 Å². The number of hydrogen-bond donors (Lipinski definition) is 0. The summed E-state index contributed by atoms with van der Waals surface area (Å²) in [5.74, 6) is 0. The third-order valence-corrected chi connectivity index (χ3v) is 2.04. The fraction of sp³-hybridized carbons (Fsp3) is 0.167. The second kappa shape index (κ2) is 6.80. The van der Waals surface area contributed by atoms with E-state index in [0.717, 1.165) is 5.56 Å². The summed E-state index contributed by atoms with van der Waals surface area (Å²) in [4.78, 5) is 15.4. The van der Waals surface area contributed by atoms with Crippen molar-refractivity contribution in [2.24, 2.45) is 5.16 Å². The molecule has 84 valence electrons. The van der Waals surface area contributed by atoms with Crippen LogP contribution >= 0.6 is 11.6 Å². The lowest BCUT2D eigenvalue weighted by molar-refractivity contribution is -0.106. The van der Waals surface area contributed by atoms with Gasteiger partial charge in [0.1, 0.15) is 12.3 Å². The molecule has 0 aromatic heterocycles. The molecular formula is C12H12ClNO2. The van der Waals surface area contributed by atoms with Crippen molar-refractivity contribution >= 4 is 28.6 Å². The first-order valence-electron chi connectivity index (χ1n) is 4.78. The minimum atomic E-state index is -0.605. The molecule has 0 spiro atoms. The van der Waals surface area contributed by atoms with Crippen molar-refractivity contribution in [2.75, 3.05) is 6.61 Å². The highest BCUT2D eigenvalue weighted by molar-refractivity contribution is 6.81. The Morgan fingerprint density at radius 1 is 1.44 bits per heavy atom. The Morgan fingerprint density at radius 2 is 2.12 bits per heavy atom. The normalized spacial score (nSPS) is 11.8. The monoisotopic (exact) mass is 237 g/mol. The minimum Gasteiger partial charge on any atom is -0.391 e. The molecule has 0 radical (unpaired) electrons. The number of halogens is 1. The Labute approximate surface area is 99.4 Å². The highest BCUT2D eigenvalue weighted by Gasteiger charge is 1.99. The molecule has 1 aromatic rings. The average molecular weight is 238 g/mol. The summed E-state index contributed by atoms with van der Waals surface area (Å²) in [7, 11) is 0. The van der Waals surface area contributed by atoms with Crippen LogP contribution in [0.4, 0.5) is 0 Å². The Morgan fingerprint density at radius 3 is 2.75 bits per heavy atom. The van der Waals surface area contributed by atoms with Gasteiger partial charge in [-0.2, -0.15) is 0 Å². The van der Waals surface area contributed by atoms with Crippen LogP contribution in [0.2, 0.25) is 0 Å². The molecule has 16 heavy (non-hydrogen) atoms. The maximum Gasteiger partial charge on any atom is 0.269 e. The van der Waals surface area contributed by atoms with E-state index >= 15 is 0 Å². The third kappa shape index (κ3) is 4.75. The molecule has 1 aromatic carbocycles. The number of oxime groups is 1. The summed E-state index contributed by atoms with van der Waals surface area (Å²) in [6, 6.07) is 9.82. The second-order valence-electron chi connectivity index (χ2n) is 3.06. The second-order valence-corrected chi connectivity index (χ2v) is 3.40. The molecule has 0 bridgehead atoms. The van der Waals surface area contributed by atoms with Crippen LogP contribution in [0.5, 0.6) is 0 Å². The average Bonchev–Trinajstić information content (AvgIpc) is 2.29. The molecule has 0 aliphatic carbocycles. The van der Waals surface area contributed by atoms with E-state index in [2.05, 4.69) is 5.16 Å². The molecule has 4 heteroatoms. The maximum atomic E-state index is 10.6. The Bertz CT molecular complexity index is 399. The van der Waals surface area contributed by atoms with Crippen molar-refractivity contribution in [3.05, 3.63) is 42.0 Å². The third-order valence-electron chi connectivity index (χ3n) is 1.77. The molecule has 0 fully saturated rings. The summed E-state index contributed by atoms with van der Waals surface area (Å²) in [5.41, 5.74) is 1.23. The van der Waals surface area contributed by atoms with Crippen molar-refractivity contribution in [3.8, 4) is 0 Å². The predicted octanol–water partition coefficient (Wildman–Crippen LogP) is 2.86. The van der Waals surface area contributed by atoms with Crippen LogP contribution in [0.3, 0.4) is 0 Å².